The first-order chi connectivity index (χ1) is 14.7. The number of phenolic OH excluding ortho intramolecular Hbond substituents is 1. The van der Waals surface area contributed by atoms with E-state index in [9.17, 15) is 9.90 Å². The maximum Gasteiger partial charge on any atom is 0.275 e. The van der Waals surface area contributed by atoms with E-state index < -0.39 is 0 Å². The molecule has 2 aliphatic heterocycles. The number of phenols is 1. The van der Waals surface area contributed by atoms with Gasteiger partial charge in [0.25, 0.3) is 5.91 Å². The van der Waals surface area contributed by atoms with E-state index in [-0.39, 0.29) is 11.7 Å². The maximum atomic E-state index is 13.2. The first-order valence-electron chi connectivity index (χ1n) is 10.5. The van der Waals surface area contributed by atoms with Crippen LogP contribution in [0.1, 0.15) is 31.2 Å². The van der Waals surface area contributed by atoms with E-state index in [1.807, 2.05) is 47.0 Å². The van der Waals surface area contributed by atoms with Crippen LogP contribution >= 0.6 is 11.8 Å². The molecule has 2 aromatic rings. The zero-order valence-electron chi connectivity index (χ0n) is 16.8. The number of thioether (sulfide) groups is 1. The molecular weight excluding hydrogens is 394 g/mol. The van der Waals surface area contributed by atoms with E-state index in [2.05, 4.69) is 17.0 Å². The van der Waals surface area contributed by atoms with Crippen LogP contribution in [0.4, 0.5) is 5.69 Å². The summed E-state index contributed by atoms with van der Waals surface area (Å²) in [6, 6.07) is 17.3. The van der Waals surface area contributed by atoms with Crippen LogP contribution < -0.4 is 4.90 Å². The van der Waals surface area contributed by atoms with Gasteiger partial charge in [0.15, 0.2) is 0 Å². The molecular formula is C24H25N3O2S. The van der Waals surface area contributed by atoms with Gasteiger partial charge in [-0.05, 0) is 42.7 Å². The number of hydrogen-bond acceptors (Lipinski definition) is 5. The van der Waals surface area contributed by atoms with Crippen molar-refractivity contribution in [3.8, 4) is 5.75 Å². The summed E-state index contributed by atoms with van der Waals surface area (Å²) < 4.78 is 0. The smallest absolute Gasteiger partial charge is 0.275 e. The monoisotopic (exact) mass is 419 g/mol. The number of aliphatic imine (C=N–C) groups is 1. The van der Waals surface area contributed by atoms with Crippen LogP contribution in [0.15, 0.2) is 70.3 Å². The molecule has 1 fully saturated rings. The van der Waals surface area contributed by atoms with Crippen molar-refractivity contribution in [3.63, 3.8) is 0 Å². The fourth-order valence-corrected chi connectivity index (χ4v) is 5.79. The predicted molar refractivity (Wildman–Crippen MR) is 122 cm³/mol. The molecule has 0 aromatic heterocycles. The summed E-state index contributed by atoms with van der Waals surface area (Å²) in [5, 5.41) is 10.1. The minimum absolute atomic E-state index is 0.0109. The molecule has 1 N–H and O–H groups in total. The summed E-state index contributed by atoms with van der Waals surface area (Å²) in [4.78, 5) is 23.4. The molecule has 154 valence electrons. The summed E-state index contributed by atoms with van der Waals surface area (Å²) in [5.74, 6) is 1.06. The van der Waals surface area contributed by atoms with Gasteiger partial charge in [0, 0.05) is 22.3 Å². The van der Waals surface area contributed by atoms with Gasteiger partial charge in [0.1, 0.15) is 24.0 Å². The Bertz CT molecular complexity index is 995. The number of para-hydroxylation sites is 1. The summed E-state index contributed by atoms with van der Waals surface area (Å²) in [6.45, 7) is 1.32. The predicted octanol–water partition coefficient (Wildman–Crippen LogP) is 4.54. The Morgan fingerprint density at radius 3 is 2.50 bits per heavy atom. The highest BCUT2D eigenvalue weighted by molar-refractivity contribution is 8.03. The number of hydrogen-bond donors (Lipinski definition) is 1. The first-order valence-corrected chi connectivity index (χ1v) is 11.4. The number of amides is 1. The molecule has 0 bridgehead atoms. The van der Waals surface area contributed by atoms with Crippen molar-refractivity contribution in [1.29, 1.82) is 0 Å². The topological polar surface area (TPSA) is 56.1 Å². The Labute approximate surface area is 181 Å². The fraction of sp³-hybridized carbons (Fsp3) is 0.333. The molecule has 1 saturated carbocycles. The highest BCUT2D eigenvalue weighted by Crippen LogP contribution is 2.40. The zero-order chi connectivity index (χ0) is 20.5. The normalized spacial score (nSPS) is 19.5. The molecule has 1 aliphatic carbocycles. The minimum atomic E-state index is -0.0109. The van der Waals surface area contributed by atoms with Crippen LogP contribution in [0, 0.1) is 0 Å². The Morgan fingerprint density at radius 1 is 1.03 bits per heavy atom. The van der Waals surface area contributed by atoms with E-state index in [0.717, 1.165) is 23.6 Å². The number of nitrogens with zero attached hydrogens (tertiary/aromatic N) is 3. The SMILES string of the molecule is O=C1C(Cc2ccc(O)cc2)=NC2=C(SC3CCCC3)CN(c3ccccc3)CN12. The molecule has 0 unspecified atom stereocenters. The highest BCUT2D eigenvalue weighted by Gasteiger charge is 2.38. The summed E-state index contributed by atoms with van der Waals surface area (Å²) >= 11 is 1.92. The van der Waals surface area contributed by atoms with E-state index in [1.54, 1.807) is 12.1 Å². The number of rotatable bonds is 5. The second kappa shape index (κ2) is 8.19. The molecule has 3 aliphatic rings. The zero-order valence-corrected chi connectivity index (χ0v) is 17.6. The summed E-state index contributed by atoms with van der Waals surface area (Å²) in [7, 11) is 0. The molecule has 30 heavy (non-hydrogen) atoms. The second-order valence-electron chi connectivity index (χ2n) is 8.08. The van der Waals surface area contributed by atoms with E-state index in [1.165, 1.54) is 30.6 Å². The number of carbonyl (C=O) groups excluding carboxylic acids is 1. The summed E-state index contributed by atoms with van der Waals surface area (Å²) in [5.41, 5.74) is 2.68. The molecule has 6 heteroatoms. The lowest BCUT2D eigenvalue weighted by Crippen LogP contribution is -2.45. The largest absolute Gasteiger partial charge is 0.508 e. The molecule has 5 rings (SSSR count). The van der Waals surface area contributed by atoms with Crippen molar-refractivity contribution in [2.75, 3.05) is 18.1 Å². The lowest BCUT2D eigenvalue weighted by Gasteiger charge is -2.36. The Kier molecular flexibility index (Phi) is 5.25. The van der Waals surface area contributed by atoms with Gasteiger partial charge in [-0.15, -0.1) is 11.8 Å². The van der Waals surface area contributed by atoms with E-state index in [4.69, 9.17) is 4.99 Å². The van der Waals surface area contributed by atoms with Crippen LogP contribution in [0.25, 0.3) is 0 Å². The van der Waals surface area contributed by atoms with E-state index >= 15 is 0 Å². The average Bonchev–Trinajstić information content (AvgIpc) is 3.39. The van der Waals surface area contributed by atoms with E-state index in [0.29, 0.717) is 24.1 Å². The van der Waals surface area contributed by atoms with Crippen LogP contribution in [0.5, 0.6) is 5.75 Å². The van der Waals surface area contributed by atoms with Gasteiger partial charge >= 0.3 is 0 Å². The molecule has 0 saturated heterocycles. The molecule has 1 amide bonds. The third kappa shape index (κ3) is 3.84. The quantitative estimate of drug-likeness (QED) is 0.773. The second-order valence-corrected chi connectivity index (χ2v) is 9.48. The van der Waals surface area contributed by atoms with Gasteiger partial charge in [0.2, 0.25) is 0 Å². The third-order valence-electron chi connectivity index (χ3n) is 5.92. The fourth-order valence-electron chi connectivity index (χ4n) is 4.33. The lowest BCUT2D eigenvalue weighted by atomic mass is 10.1. The average molecular weight is 420 g/mol. The molecule has 0 spiro atoms. The summed E-state index contributed by atoms with van der Waals surface area (Å²) in [6.07, 6.45) is 5.54. The van der Waals surface area contributed by atoms with Crippen LogP contribution in [-0.4, -0.2) is 40.1 Å². The molecule has 2 aromatic carbocycles. The van der Waals surface area contributed by atoms with Gasteiger partial charge in [-0.25, -0.2) is 4.99 Å². The highest BCUT2D eigenvalue weighted by atomic mass is 32.2. The number of benzene rings is 2. The van der Waals surface area contributed by atoms with Gasteiger partial charge in [-0.1, -0.05) is 43.2 Å². The molecule has 2 heterocycles. The van der Waals surface area contributed by atoms with Crippen LogP contribution in [0.2, 0.25) is 0 Å². The van der Waals surface area contributed by atoms with Crippen LogP contribution in [-0.2, 0) is 11.2 Å². The van der Waals surface area contributed by atoms with Crippen molar-refractivity contribution in [3.05, 3.63) is 70.9 Å². The Morgan fingerprint density at radius 2 is 1.77 bits per heavy atom. The Balaban J connectivity index is 1.45. The first kappa shape index (κ1) is 19.2. The number of fused-ring (bicyclic) bond motifs is 1. The molecule has 0 radical (unpaired) electrons. The van der Waals surface area contributed by atoms with Gasteiger partial charge in [0.05, 0.1) is 6.54 Å². The Hall–Kier alpha value is -2.73. The molecule has 0 atom stereocenters. The standard InChI is InChI=1S/C24H25N3O2S/c28-19-12-10-17(11-13-19)14-21-24(29)27-16-26(18-6-2-1-3-7-18)15-22(23(27)25-21)30-20-8-4-5-9-20/h1-3,6-7,10-13,20,28H,4-5,8-9,14-16H2. The van der Waals surface area contributed by atoms with Crippen molar-refractivity contribution >= 4 is 29.1 Å². The van der Waals surface area contributed by atoms with Gasteiger partial charge < -0.3 is 10.0 Å². The van der Waals surface area contributed by atoms with Crippen LogP contribution in [0.3, 0.4) is 0 Å². The third-order valence-corrected chi connectivity index (χ3v) is 7.33. The molecule has 5 nitrogen and oxygen atoms in total. The van der Waals surface area contributed by atoms with Gasteiger partial charge in [-0.3, -0.25) is 9.69 Å². The van der Waals surface area contributed by atoms with Crippen molar-refractivity contribution in [2.45, 2.75) is 37.4 Å². The van der Waals surface area contributed by atoms with Crippen molar-refractivity contribution in [2.24, 2.45) is 4.99 Å². The number of carbonyl (C=O) groups is 1. The minimum Gasteiger partial charge on any atom is -0.508 e. The van der Waals surface area contributed by atoms with Gasteiger partial charge in [-0.2, -0.15) is 0 Å². The maximum absolute atomic E-state index is 13.2. The number of anilines is 1. The lowest BCUT2D eigenvalue weighted by molar-refractivity contribution is -0.121. The van der Waals surface area contributed by atoms with Crippen molar-refractivity contribution in [1.82, 2.24) is 4.90 Å². The number of aromatic hydroxyl groups is 1. The van der Waals surface area contributed by atoms with Crippen molar-refractivity contribution < 1.29 is 9.90 Å².